The smallest absolute Gasteiger partial charge is 0.164 e. The van der Waals surface area contributed by atoms with Crippen LogP contribution in [0.5, 0.6) is 0 Å². The van der Waals surface area contributed by atoms with Gasteiger partial charge in [0, 0.05) is 34.0 Å². The van der Waals surface area contributed by atoms with Gasteiger partial charge in [0.2, 0.25) is 0 Å². The molecular formula is C57H35N5. The van der Waals surface area contributed by atoms with Crippen molar-refractivity contribution in [2.24, 2.45) is 0 Å². The van der Waals surface area contributed by atoms with Crippen molar-refractivity contribution in [3.05, 3.63) is 235 Å². The average Bonchev–Trinajstić information content (AvgIpc) is 3.98. The molecule has 2 aliphatic carbocycles. The SMILES string of the molecule is c1ccc(-c2nc(-c3ccc4c(c3)C3(c5ccccc5-c5ccccc53)c3ccccc3-4)nc(-c3ccccc3-c3nc4ccccn4c3-c3ccc4ccccc4c3)n2)cc1. The number of aromatic nitrogens is 5. The van der Waals surface area contributed by atoms with E-state index in [0.29, 0.717) is 17.5 Å². The fourth-order valence-electron chi connectivity index (χ4n) is 10.3. The van der Waals surface area contributed by atoms with E-state index in [1.807, 2.05) is 24.3 Å². The second-order valence-corrected chi connectivity index (χ2v) is 16.2. The van der Waals surface area contributed by atoms with Crippen LogP contribution in [0.25, 0.3) is 95.4 Å². The second kappa shape index (κ2) is 13.4. The zero-order chi connectivity index (χ0) is 40.8. The molecule has 0 saturated heterocycles. The Morgan fingerprint density at radius 1 is 0.323 bits per heavy atom. The number of benzene rings is 8. The van der Waals surface area contributed by atoms with Crippen LogP contribution in [-0.4, -0.2) is 24.3 Å². The topological polar surface area (TPSA) is 56.0 Å². The largest absolute Gasteiger partial charge is 0.299 e. The van der Waals surface area contributed by atoms with Gasteiger partial charge in [0.25, 0.3) is 0 Å². The summed E-state index contributed by atoms with van der Waals surface area (Å²) in [6, 6.07) is 73.4. The lowest BCUT2D eigenvalue weighted by atomic mass is 9.70. The summed E-state index contributed by atoms with van der Waals surface area (Å²) in [5.41, 5.74) is 17.2. The molecule has 0 saturated carbocycles. The Balaban J connectivity index is 1.04. The lowest BCUT2D eigenvalue weighted by Gasteiger charge is -2.30. The van der Waals surface area contributed by atoms with Crippen LogP contribution < -0.4 is 0 Å². The molecule has 5 heteroatoms. The molecule has 3 heterocycles. The van der Waals surface area contributed by atoms with Gasteiger partial charge in [0.05, 0.1) is 16.8 Å². The quantitative estimate of drug-likeness (QED) is 0.174. The van der Waals surface area contributed by atoms with Crippen molar-refractivity contribution in [1.82, 2.24) is 24.3 Å². The summed E-state index contributed by atoms with van der Waals surface area (Å²) in [7, 11) is 0. The minimum absolute atomic E-state index is 0.484. The van der Waals surface area contributed by atoms with Gasteiger partial charge in [0.1, 0.15) is 5.65 Å². The third-order valence-corrected chi connectivity index (χ3v) is 12.9. The monoisotopic (exact) mass is 789 g/mol. The Labute approximate surface area is 358 Å². The first-order chi connectivity index (χ1) is 30.7. The van der Waals surface area contributed by atoms with E-state index in [2.05, 4.69) is 193 Å². The molecule has 1 spiro atoms. The number of rotatable bonds is 5. The van der Waals surface area contributed by atoms with Gasteiger partial charge in [-0.15, -0.1) is 0 Å². The first kappa shape index (κ1) is 34.6. The number of imidazole rings is 1. The molecule has 0 unspecified atom stereocenters. The number of hydrogen-bond donors (Lipinski definition) is 0. The third-order valence-electron chi connectivity index (χ3n) is 12.9. The van der Waals surface area contributed by atoms with Gasteiger partial charge in [-0.25, -0.2) is 19.9 Å². The summed E-state index contributed by atoms with van der Waals surface area (Å²) in [5, 5.41) is 2.37. The van der Waals surface area contributed by atoms with E-state index in [9.17, 15) is 0 Å². The van der Waals surface area contributed by atoms with Crippen LogP contribution in [0.1, 0.15) is 22.3 Å². The van der Waals surface area contributed by atoms with Crippen LogP contribution in [0, 0.1) is 0 Å². The molecule has 8 aromatic carbocycles. The van der Waals surface area contributed by atoms with Gasteiger partial charge in [-0.05, 0) is 79.5 Å². The zero-order valence-electron chi connectivity index (χ0n) is 33.4. The lowest BCUT2D eigenvalue weighted by Crippen LogP contribution is -2.25. The summed E-state index contributed by atoms with van der Waals surface area (Å²) in [6.07, 6.45) is 2.09. The van der Waals surface area contributed by atoms with E-state index in [1.165, 1.54) is 55.3 Å². The third kappa shape index (κ3) is 4.96. The number of fused-ring (bicyclic) bond motifs is 12. The fraction of sp³-hybridized carbons (Fsp3) is 0.0175. The molecule has 288 valence electrons. The van der Waals surface area contributed by atoms with Crippen molar-refractivity contribution in [1.29, 1.82) is 0 Å². The molecule has 0 bridgehead atoms. The maximum atomic E-state index is 5.40. The average molecular weight is 790 g/mol. The van der Waals surface area contributed by atoms with E-state index < -0.39 is 5.41 Å². The fourth-order valence-corrected chi connectivity index (χ4v) is 10.3. The Hall–Kier alpha value is -8.28. The van der Waals surface area contributed by atoms with Crippen LogP contribution in [0.15, 0.2) is 212 Å². The molecule has 0 fully saturated rings. The Bertz CT molecular complexity index is 3540. The minimum atomic E-state index is -0.484. The number of nitrogens with zero attached hydrogens (tertiary/aromatic N) is 5. The molecule has 2 aliphatic rings. The Morgan fingerprint density at radius 3 is 1.56 bits per heavy atom. The van der Waals surface area contributed by atoms with E-state index in [4.69, 9.17) is 19.9 Å². The summed E-state index contributed by atoms with van der Waals surface area (Å²) in [5.74, 6) is 1.81. The standard InChI is InChI=1S/C57H35N5/c1-2-17-37(18-3-1)54-59-55(40-31-32-44-43-22-10-13-27-49(43)57(50(44)35-40)47-25-11-8-20-41(47)42-21-9-12-26-48(42)57)61-56(60-54)46-24-7-6-23-45(46)52-53(62-33-15-14-28-51(62)58-52)39-30-29-36-16-4-5-19-38(36)34-39/h1-35H. The lowest BCUT2D eigenvalue weighted by molar-refractivity contribution is 0.794. The molecule has 0 atom stereocenters. The van der Waals surface area contributed by atoms with Gasteiger partial charge < -0.3 is 0 Å². The van der Waals surface area contributed by atoms with E-state index in [1.54, 1.807) is 0 Å². The molecule has 62 heavy (non-hydrogen) atoms. The van der Waals surface area contributed by atoms with Gasteiger partial charge in [-0.1, -0.05) is 182 Å². The van der Waals surface area contributed by atoms with Crippen LogP contribution >= 0.6 is 0 Å². The molecule has 0 aliphatic heterocycles. The molecule has 5 nitrogen and oxygen atoms in total. The van der Waals surface area contributed by atoms with Crippen molar-refractivity contribution >= 4 is 16.4 Å². The van der Waals surface area contributed by atoms with Gasteiger partial charge in [-0.2, -0.15) is 0 Å². The predicted octanol–water partition coefficient (Wildman–Crippen LogP) is 13.4. The molecule has 0 radical (unpaired) electrons. The zero-order valence-corrected chi connectivity index (χ0v) is 33.4. The number of pyridine rings is 1. The molecule has 0 N–H and O–H groups in total. The summed E-state index contributed by atoms with van der Waals surface area (Å²) >= 11 is 0. The predicted molar refractivity (Wildman–Crippen MR) is 250 cm³/mol. The highest BCUT2D eigenvalue weighted by Crippen LogP contribution is 2.63. The maximum Gasteiger partial charge on any atom is 0.164 e. The van der Waals surface area contributed by atoms with Crippen LogP contribution in [0.2, 0.25) is 0 Å². The maximum absolute atomic E-state index is 5.40. The molecular weight excluding hydrogens is 755 g/mol. The van der Waals surface area contributed by atoms with Crippen molar-refractivity contribution in [2.75, 3.05) is 0 Å². The van der Waals surface area contributed by atoms with E-state index in [-0.39, 0.29) is 0 Å². The summed E-state index contributed by atoms with van der Waals surface area (Å²) in [4.78, 5) is 21.2. The first-order valence-corrected chi connectivity index (χ1v) is 21.1. The van der Waals surface area contributed by atoms with E-state index >= 15 is 0 Å². The second-order valence-electron chi connectivity index (χ2n) is 16.2. The molecule has 11 aromatic rings. The van der Waals surface area contributed by atoms with Crippen molar-refractivity contribution < 1.29 is 0 Å². The van der Waals surface area contributed by atoms with Crippen molar-refractivity contribution in [3.8, 4) is 78.9 Å². The highest BCUT2D eigenvalue weighted by molar-refractivity contribution is 5.97. The van der Waals surface area contributed by atoms with Crippen molar-refractivity contribution in [3.63, 3.8) is 0 Å². The molecule has 13 rings (SSSR count). The summed E-state index contributed by atoms with van der Waals surface area (Å²) in [6.45, 7) is 0. The first-order valence-electron chi connectivity index (χ1n) is 21.1. The van der Waals surface area contributed by atoms with E-state index in [0.717, 1.165) is 44.9 Å². The van der Waals surface area contributed by atoms with Gasteiger partial charge >= 0.3 is 0 Å². The van der Waals surface area contributed by atoms with Crippen LogP contribution in [0.3, 0.4) is 0 Å². The highest BCUT2D eigenvalue weighted by atomic mass is 15.0. The number of hydrogen-bond acceptors (Lipinski definition) is 4. The summed E-state index contributed by atoms with van der Waals surface area (Å²) < 4.78 is 2.18. The van der Waals surface area contributed by atoms with Gasteiger partial charge in [0.15, 0.2) is 17.5 Å². The Kier molecular flexibility index (Phi) is 7.45. The minimum Gasteiger partial charge on any atom is -0.299 e. The molecule has 0 amide bonds. The highest BCUT2D eigenvalue weighted by Gasteiger charge is 2.51. The van der Waals surface area contributed by atoms with Gasteiger partial charge in [-0.3, -0.25) is 4.40 Å². The van der Waals surface area contributed by atoms with Crippen molar-refractivity contribution in [2.45, 2.75) is 5.41 Å². The van der Waals surface area contributed by atoms with Crippen LogP contribution in [-0.2, 0) is 5.41 Å². The normalized spacial score (nSPS) is 13.0. The van der Waals surface area contributed by atoms with Crippen LogP contribution in [0.4, 0.5) is 0 Å². The molecule has 3 aromatic heterocycles. The Morgan fingerprint density at radius 2 is 0.855 bits per heavy atom.